The molecule has 0 bridgehead atoms. The van der Waals surface area contributed by atoms with Crippen LogP contribution in [0.4, 0.5) is 0 Å². The van der Waals surface area contributed by atoms with Gasteiger partial charge in [-0.1, -0.05) is 31.6 Å². The molecule has 1 aromatic rings. The molecule has 0 aliphatic carbocycles. The van der Waals surface area contributed by atoms with Gasteiger partial charge in [0.15, 0.2) is 0 Å². The van der Waals surface area contributed by atoms with Crippen molar-refractivity contribution < 1.29 is 4.74 Å². The molecule has 1 unspecified atom stereocenters. The van der Waals surface area contributed by atoms with Crippen molar-refractivity contribution in [2.75, 3.05) is 6.61 Å². The average Bonchev–Trinajstić information content (AvgIpc) is 2.29. The molecule has 0 aliphatic heterocycles. The summed E-state index contributed by atoms with van der Waals surface area (Å²) in [5.41, 5.74) is 6.87. The first-order valence-electron chi connectivity index (χ1n) is 5.38. The lowest BCUT2D eigenvalue weighted by molar-refractivity contribution is 0.309. The molecule has 0 amide bonds. The molecular formula is C13H19NO. The fourth-order valence-corrected chi connectivity index (χ4v) is 1.26. The second-order valence-corrected chi connectivity index (χ2v) is 3.53. The van der Waals surface area contributed by atoms with Gasteiger partial charge in [0.05, 0.1) is 6.61 Å². The molecule has 2 heteroatoms. The number of benzene rings is 1. The maximum atomic E-state index is 5.81. The van der Waals surface area contributed by atoms with E-state index in [9.17, 15) is 0 Å². The fraction of sp³-hybridized carbons (Fsp3) is 0.385. The predicted octanol–water partition coefficient (Wildman–Crippen LogP) is 3.05. The average molecular weight is 205 g/mol. The van der Waals surface area contributed by atoms with Crippen LogP contribution in [-0.4, -0.2) is 6.61 Å². The standard InChI is InChI=1S/C13H19NO/c1-3-5-10-15-12-8-6-11(7-9-12)13(14)4-2/h4,6-9,13H,2-3,5,10,14H2,1H3. The van der Waals surface area contributed by atoms with Crippen molar-refractivity contribution in [1.29, 1.82) is 0 Å². The molecule has 0 heterocycles. The van der Waals surface area contributed by atoms with E-state index in [4.69, 9.17) is 10.5 Å². The third-order valence-electron chi connectivity index (χ3n) is 2.29. The van der Waals surface area contributed by atoms with Crippen molar-refractivity contribution in [3.63, 3.8) is 0 Å². The maximum absolute atomic E-state index is 5.81. The third-order valence-corrected chi connectivity index (χ3v) is 2.29. The molecule has 2 nitrogen and oxygen atoms in total. The lowest BCUT2D eigenvalue weighted by Crippen LogP contribution is -2.06. The van der Waals surface area contributed by atoms with E-state index in [1.54, 1.807) is 6.08 Å². The van der Waals surface area contributed by atoms with E-state index in [1.807, 2.05) is 24.3 Å². The van der Waals surface area contributed by atoms with E-state index in [0.29, 0.717) is 0 Å². The van der Waals surface area contributed by atoms with Gasteiger partial charge in [-0.25, -0.2) is 0 Å². The Morgan fingerprint density at radius 1 is 1.40 bits per heavy atom. The minimum absolute atomic E-state index is 0.0882. The summed E-state index contributed by atoms with van der Waals surface area (Å²) in [5.74, 6) is 0.906. The molecule has 0 aromatic heterocycles. The first-order chi connectivity index (χ1) is 7.27. The van der Waals surface area contributed by atoms with Gasteiger partial charge in [-0.2, -0.15) is 0 Å². The highest BCUT2D eigenvalue weighted by atomic mass is 16.5. The van der Waals surface area contributed by atoms with Gasteiger partial charge in [0.1, 0.15) is 5.75 Å². The lowest BCUT2D eigenvalue weighted by atomic mass is 10.1. The van der Waals surface area contributed by atoms with E-state index >= 15 is 0 Å². The maximum Gasteiger partial charge on any atom is 0.119 e. The molecule has 0 radical (unpaired) electrons. The molecule has 82 valence electrons. The summed E-state index contributed by atoms with van der Waals surface area (Å²) in [4.78, 5) is 0. The molecule has 0 spiro atoms. The Labute approximate surface area is 91.7 Å². The SMILES string of the molecule is C=CC(N)c1ccc(OCCCC)cc1. The van der Waals surface area contributed by atoms with Crippen molar-refractivity contribution in [3.8, 4) is 5.75 Å². The largest absolute Gasteiger partial charge is 0.494 e. The number of nitrogens with two attached hydrogens (primary N) is 1. The van der Waals surface area contributed by atoms with E-state index in [2.05, 4.69) is 13.5 Å². The van der Waals surface area contributed by atoms with Gasteiger partial charge in [0, 0.05) is 6.04 Å². The summed E-state index contributed by atoms with van der Waals surface area (Å²) < 4.78 is 5.55. The highest BCUT2D eigenvalue weighted by molar-refractivity contribution is 5.30. The topological polar surface area (TPSA) is 35.2 Å². The van der Waals surface area contributed by atoms with Crippen LogP contribution in [0.15, 0.2) is 36.9 Å². The summed E-state index contributed by atoms with van der Waals surface area (Å²) >= 11 is 0. The Balaban J connectivity index is 2.52. The van der Waals surface area contributed by atoms with Crippen LogP contribution in [0.3, 0.4) is 0 Å². The first kappa shape index (κ1) is 11.8. The molecule has 0 saturated carbocycles. The number of hydrogen-bond acceptors (Lipinski definition) is 2. The molecule has 0 aliphatic rings. The summed E-state index contributed by atoms with van der Waals surface area (Å²) in [7, 11) is 0. The Morgan fingerprint density at radius 3 is 2.60 bits per heavy atom. The van der Waals surface area contributed by atoms with Crippen molar-refractivity contribution in [3.05, 3.63) is 42.5 Å². The Hall–Kier alpha value is -1.28. The normalized spacial score (nSPS) is 12.1. The number of hydrogen-bond donors (Lipinski definition) is 1. The van der Waals surface area contributed by atoms with Gasteiger partial charge < -0.3 is 10.5 Å². The van der Waals surface area contributed by atoms with Crippen LogP contribution in [0.5, 0.6) is 5.75 Å². The van der Waals surface area contributed by atoms with Gasteiger partial charge >= 0.3 is 0 Å². The molecule has 0 fully saturated rings. The highest BCUT2D eigenvalue weighted by Gasteiger charge is 2.00. The van der Waals surface area contributed by atoms with Gasteiger partial charge in [0.2, 0.25) is 0 Å². The quantitative estimate of drug-likeness (QED) is 0.572. The lowest BCUT2D eigenvalue weighted by Gasteiger charge is -2.08. The summed E-state index contributed by atoms with van der Waals surface area (Å²) in [6.45, 7) is 6.59. The van der Waals surface area contributed by atoms with Crippen LogP contribution in [0.1, 0.15) is 31.4 Å². The Bertz CT molecular complexity index is 292. The van der Waals surface area contributed by atoms with Crippen LogP contribution >= 0.6 is 0 Å². The first-order valence-corrected chi connectivity index (χ1v) is 5.38. The second kappa shape index (κ2) is 6.25. The van der Waals surface area contributed by atoms with Gasteiger partial charge in [-0.3, -0.25) is 0 Å². The second-order valence-electron chi connectivity index (χ2n) is 3.53. The third kappa shape index (κ3) is 3.76. The molecule has 2 N–H and O–H groups in total. The van der Waals surface area contributed by atoms with Crippen LogP contribution in [0, 0.1) is 0 Å². The minimum atomic E-state index is -0.0882. The summed E-state index contributed by atoms with van der Waals surface area (Å²) in [6, 6.07) is 7.78. The van der Waals surface area contributed by atoms with Gasteiger partial charge in [0.25, 0.3) is 0 Å². The van der Waals surface area contributed by atoms with Crippen LogP contribution < -0.4 is 10.5 Å². The zero-order valence-electron chi connectivity index (χ0n) is 9.28. The van der Waals surface area contributed by atoms with E-state index in [0.717, 1.165) is 30.8 Å². The zero-order valence-corrected chi connectivity index (χ0v) is 9.28. The van der Waals surface area contributed by atoms with Crippen molar-refractivity contribution in [1.82, 2.24) is 0 Å². The van der Waals surface area contributed by atoms with E-state index in [-0.39, 0.29) is 6.04 Å². The molecule has 15 heavy (non-hydrogen) atoms. The monoisotopic (exact) mass is 205 g/mol. The fourth-order valence-electron chi connectivity index (χ4n) is 1.26. The molecule has 0 saturated heterocycles. The van der Waals surface area contributed by atoms with Crippen molar-refractivity contribution >= 4 is 0 Å². The summed E-state index contributed by atoms with van der Waals surface area (Å²) in [5, 5.41) is 0. The van der Waals surface area contributed by atoms with Crippen molar-refractivity contribution in [2.24, 2.45) is 5.73 Å². The van der Waals surface area contributed by atoms with E-state index < -0.39 is 0 Å². The molecule has 1 aromatic carbocycles. The minimum Gasteiger partial charge on any atom is -0.494 e. The van der Waals surface area contributed by atoms with Crippen LogP contribution in [-0.2, 0) is 0 Å². The smallest absolute Gasteiger partial charge is 0.119 e. The van der Waals surface area contributed by atoms with E-state index in [1.165, 1.54) is 0 Å². The Morgan fingerprint density at radius 2 is 2.07 bits per heavy atom. The molecule has 1 atom stereocenters. The van der Waals surface area contributed by atoms with Crippen LogP contribution in [0.25, 0.3) is 0 Å². The highest BCUT2D eigenvalue weighted by Crippen LogP contribution is 2.17. The molecular weight excluding hydrogens is 186 g/mol. The number of rotatable bonds is 6. The van der Waals surface area contributed by atoms with Crippen molar-refractivity contribution in [2.45, 2.75) is 25.8 Å². The zero-order chi connectivity index (χ0) is 11.1. The van der Waals surface area contributed by atoms with Gasteiger partial charge in [-0.05, 0) is 24.1 Å². The molecule has 1 rings (SSSR count). The number of ether oxygens (including phenoxy) is 1. The van der Waals surface area contributed by atoms with Gasteiger partial charge in [-0.15, -0.1) is 6.58 Å². The predicted molar refractivity (Wildman–Crippen MR) is 64.0 cm³/mol. The summed E-state index contributed by atoms with van der Waals surface area (Å²) in [6.07, 6.45) is 3.97. The number of unbranched alkanes of at least 4 members (excludes halogenated alkanes) is 1. The van der Waals surface area contributed by atoms with Crippen LogP contribution in [0.2, 0.25) is 0 Å². The Kier molecular flexibility index (Phi) is 4.91.